The molecule has 0 bridgehead atoms. The van der Waals surface area contributed by atoms with Gasteiger partial charge in [-0.25, -0.2) is 0 Å². The summed E-state index contributed by atoms with van der Waals surface area (Å²) in [7, 11) is 0. The highest BCUT2D eigenvalue weighted by Crippen LogP contribution is 2.33. The number of hydrogen-bond donors (Lipinski definition) is 0. The Hall–Kier alpha value is -0.770. The molecular weight excluding hydrogens is 306 g/mol. The van der Waals surface area contributed by atoms with Crippen molar-refractivity contribution >= 4 is 17.3 Å². The van der Waals surface area contributed by atoms with Gasteiger partial charge in [-0.1, -0.05) is 37.6 Å². The van der Waals surface area contributed by atoms with Crippen molar-refractivity contribution in [1.29, 1.82) is 0 Å². The quantitative estimate of drug-likeness (QED) is 0.813. The van der Waals surface area contributed by atoms with Crippen LogP contribution in [0.25, 0.3) is 0 Å². The topological polar surface area (TPSA) is 9.72 Å². The molecule has 0 atom stereocenters. The van der Waals surface area contributed by atoms with Gasteiger partial charge in [0.2, 0.25) is 0 Å². The van der Waals surface area contributed by atoms with E-state index < -0.39 is 0 Å². The molecule has 2 saturated heterocycles. The normalized spacial score (nSPS) is 20.6. The minimum atomic E-state index is 0.916. The Morgan fingerprint density at radius 2 is 1.61 bits per heavy atom. The molecule has 1 radical (unpaired) electrons. The smallest absolute Gasteiger partial charge is 0.0642 e. The van der Waals surface area contributed by atoms with Crippen LogP contribution in [0, 0.1) is 5.92 Å². The summed E-state index contributed by atoms with van der Waals surface area (Å²) in [4.78, 5) is 7.61. The first-order valence-electron chi connectivity index (χ1n) is 8.89. The summed E-state index contributed by atoms with van der Waals surface area (Å²) in [5, 5.41) is 0.916. The molecule has 1 aromatic carbocycles. The number of hydrogen-bond acceptors (Lipinski definition) is 3. The summed E-state index contributed by atoms with van der Waals surface area (Å²) in [6.07, 6.45) is 2.58. The molecule has 0 amide bonds. The van der Waals surface area contributed by atoms with Gasteiger partial charge in [0.25, 0.3) is 0 Å². The molecule has 2 fully saturated rings. The van der Waals surface area contributed by atoms with Gasteiger partial charge >= 0.3 is 0 Å². The largest absolute Gasteiger partial charge is 0.370 e. The first-order valence-corrected chi connectivity index (χ1v) is 9.27. The molecule has 0 aromatic heterocycles. The highest BCUT2D eigenvalue weighted by atomic mass is 35.5. The molecule has 0 N–H and O–H groups in total. The minimum Gasteiger partial charge on any atom is -0.370 e. The standard InChI is InChI=1S/C19H29ClN3/c1-16(2)14-21-10-12-22(13-11-21)15-17-6-5-7-18(20)19(17)23-8-3-4-9-23/h5-7H,3-4,8-15H2,1-2H3. The van der Waals surface area contributed by atoms with Crippen LogP contribution in [0.1, 0.15) is 32.3 Å². The highest BCUT2D eigenvalue weighted by Gasteiger charge is 2.22. The number of anilines is 1. The summed E-state index contributed by atoms with van der Waals surface area (Å²) < 4.78 is 0. The van der Waals surface area contributed by atoms with Crippen molar-refractivity contribution in [2.45, 2.75) is 33.2 Å². The zero-order chi connectivity index (χ0) is 16.2. The Labute approximate surface area is 146 Å². The average molecular weight is 335 g/mol. The van der Waals surface area contributed by atoms with E-state index in [1.54, 1.807) is 0 Å². The van der Waals surface area contributed by atoms with E-state index in [0.717, 1.165) is 44.3 Å². The lowest BCUT2D eigenvalue weighted by atomic mass is 10.1. The predicted molar refractivity (Wildman–Crippen MR) is 99.2 cm³/mol. The summed E-state index contributed by atoms with van der Waals surface area (Å²) in [6, 6.07) is 6.40. The third-order valence-corrected chi connectivity index (χ3v) is 5.20. The highest BCUT2D eigenvalue weighted by molar-refractivity contribution is 6.33. The number of nitrogens with zero attached hydrogens (tertiary/aromatic N) is 3. The molecule has 0 spiro atoms. The first kappa shape index (κ1) is 17.1. The molecule has 3 nitrogen and oxygen atoms in total. The summed E-state index contributed by atoms with van der Waals surface area (Å²) in [5.74, 6) is 1.50. The second-order valence-electron chi connectivity index (χ2n) is 7.20. The van der Waals surface area contributed by atoms with Crippen LogP contribution in [0.3, 0.4) is 0 Å². The lowest BCUT2D eigenvalue weighted by Gasteiger charge is -2.36. The minimum absolute atomic E-state index is 0.916. The van der Waals surface area contributed by atoms with E-state index in [9.17, 15) is 0 Å². The molecule has 3 rings (SSSR count). The SMILES string of the molecule is C[C](C)CN1CCN(Cc2cccc(Cl)c2N2CCCC2)CC1. The first-order chi connectivity index (χ1) is 11.1. The van der Waals surface area contributed by atoms with Crippen molar-refractivity contribution < 1.29 is 0 Å². The number of benzene rings is 1. The Balaban J connectivity index is 1.63. The fourth-order valence-electron chi connectivity index (χ4n) is 3.78. The van der Waals surface area contributed by atoms with E-state index in [2.05, 4.69) is 40.7 Å². The van der Waals surface area contributed by atoms with E-state index in [1.807, 2.05) is 6.07 Å². The maximum atomic E-state index is 6.54. The van der Waals surface area contributed by atoms with Gasteiger partial charge in [0, 0.05) is 52.4 Å². The van der Waals surface area contributed by atoms with Crippen LogP contribution in [0.5, 0.6) is 0 Å². The van der Waals surface area contributed by atoms with Crippen LogP contribution in [-0.4, -0.2) is 55.6 Å². The van der Waals surface area contributed by atoms with Gasteiger partial charge in [-0.15, -0.1) is 0 Å². The molecule has 23 heavy (non-hydrogen) atoms. The van der Waals surface area contributed by atoms with Crippen molar-refractivity contribution in [2.24, 2.45) is 0 Å². The lowest BCUT2D eigenvalue weighted by molar-refractivity contribution is 0.131. The Kier molecular flexibility index (Phi) is 5.84. The summed E-state index contributed by atoms with van der Waals surface area (Å²) >= 11 is 6.54. The molecule has 2 aliphatic rings. The Morgan fingerprint density at radius 3 is 2.26 bits per heavy atom. The van der Waals surface area contributed by atoms with Crippen LogP contribution in [0.2, 0.25) is 5.02 Å². The van der Waals surface area contributed by atoms with Crippen LogP contribution < -0.4 is 4.90 Å². The maximum Gasteiger partial charge on any atom is 0.0642 e. The van der Waals surface area contributed by atoms with E-state index >= 15 is 0 Å². The third-order valence-electron chi connectivity index (χ3n) is 4.89. The molecule has 2 heterocycles. The molecule has 2 aliphatic heterocycles. The van der Waals surface area contributed by atoms with E-state index in [1.165, 1.54) is 43.1 Å². The van der Waals surface area contributed by atoms with E-state index in [-0.39, 0.29) is 0 Å². The van der Waals surface area contributed by atoms with Gasteiger partial charge in [0.15, 0.2) is 0 Å². The zero-order valence-corrected chi connectivity index (χ0v) is 15.3. The Bertz CT molecular complexity index is 503. The molecule has 0 unspecified atom stereocenters. The van der Waals surface area contributed by atoms with Gasteiger partial charge in [-0.05, 0) is 30.4 Å². The molecule has 1 aromatic rings. The summed E-state index contributed by atoms with van der Waals surface area (Å²) in [6.45, 7) is 13.6. The zero-order valence-electron chi connectivity index (χ0n) is 14.5. The third kappa shape index (κ3) is 4.40. The van der Waals surface area contributed by atoms with Gasteiger partial charge in [-0.3, -0.25) is 4.90 Å². The van der Waals surface area contributed by atoms with Gasteiger partial charge in [0.05, 0.1) is 10.7 Å². The molecular formula is C19H29ClN3. The predicted octanol–water partition coefficient (Wildman–Crippen LogP) is 3.67. The molecule has 4 heteroatoms. The van der Waals surface area contributed by atoms with Gasteiger partial charge < -0.3 is 9.80 Å². The van der Waals surface area contributed by atoms with Crippen molar-refractivity contribution in [2.75, 3.05) is 50.7 Å². The van der Waals surface area contributed by atoms with Crippen molar-refractivity contribution in [3.05, 3.63) is 34.7 Å². The van der Waals surface area contributed by atoms with Crippen molar-refractivity contribution in [3.63, 3.8) is 0 Å². The maximum absolute atomic E-state index is 6.54. The molecule has 0 aliphatic carbocycles. The van der Waals surface area contributed by atoms with Crippen LogP contribution in [0.15, 0.2) is 18.2 Å². The second kappa shape index (κ2) is 7.87. The van der Waals surface area contributed by atoms with E-state index in [0.29, 0.717) is 0 Å². The van der Waals surface area contributed by atoms with E-state index in [4.69, 9.17) is 11.6 Å². The monoisotopic (exact) mass is 334 g/mol. The second-order valence-corrected chi connectivity index (χ2v) is 7.61. The van der Waals surface area contributed by atoms with Crippen LogP contribution in [-0.2, 0) is 6.54 Å². The number of para-hydroxylation sites is 1. The van der Waals surface area contributed by atoms with Crippen molar-refractivity contribution in [3.8, 4) is 0 Å². The number of halogens is 1. The number of piperazine rings is 1. The lowest BCUT2D eigenvalue weighted by Crippen LogP contribution is -2.46. The van der Waals surface area contributed by atoms with Gasteiger partial charge in [-0.2, -0.15) is 0 Å². The molecule has 0 saturated carbocycles. The summed E-state index contributed by atoms with van der Waals surface area (Å²) in [5.41, 5.74) is 2.68. The number of rotatable bonds is 5. The molecule has 127 valence electrons. The van der Waals surface area contributed by atoms with Crippen molar-refractivity contribution in [1.82, 2.24) is 9.80 Å². The fraction of sp³-hybridized carbons (Fsp3) is 0.632. The fourth-order valence-corrected chi connectivity index (χ4v) is 4.09. The van der Waals surface area contributed by atoms with Crippen LogP contribution in [0.4, 0.5) is 5.69 Å². The van der Waals surface area contributed by atoms with Crippen LogP contribution >= 0.6 is 11.6 Å². The van der Waals surface area contributed by atoms with Gasteiger partial charge in [0.1, 0.15) is 0 Å². The average Bonchev–Trinajstić information content (AvgIpc) is 3.03. The Morgan fingerprint density at radius 1 is 0.957 bits per heavy atom.